The molecular formula is C14H16Cl2OS. The van der Waals surface area contributed by atoms with Crippen LogP contribution in [0.15, 0.2) is 18.2 Å². The van der Waals surface area contributed by atoms with Crippen LogP contribution in [0.2, 0.25) is 10.0 Å². The maximum Gasteiger partial charge on any atom is 0.137 e. The quantitative estimate of drug-likeness (QED) is 0.806. The van der Waals surface area contributed by atoms with E-state index in [9.17, 15) is 4.79 Å². The van der Waals surface area contributed by atoms with Gasteiger partial charge in [0.15, 0.2) is 0 Å². The lowest BCUT2D eigenvalue weighted by Crippen LogP contribution is -2.15. The van der Waals surface area contributed by atoms with Crippen molar-refractivity contribution in [2.75, 3.05) is 11.5 Å². The molecule has 0 unspecified atom stereocenters. The Morgan fingerprint density at radius 3 is 2.67 bits per heavy atom. The molecular weight excluding hydrogens is 287 g/mol. The Bertz CT molecular complexity index is 428. The monoisotopic (exact) mass is 302 g/mol. The highest BCUT2D eigenvalue weighted by atomic mass is 35.5. The van der Waals surface area contributed by atoms with Crippen LogP contribution in [-0.2, 0) is 11.2 Å². The second-order valence-corrected chi connectivity index (χ2v) is 6.78. The lowest BCUT2D eigenvalue weighted by atomic mass is 9.94. The topological polar surface area (TPSA) is 17.1 Å². The first kappa shape index (κ1) is 14.2. The van der Waals surface area contributed by atoms with Crippen LogP contribution in [0.1, 0.15) is 24.8 Å². The van der Waals surface area contributed by atoms with Crippen molar-refractivity contribution in [3.8, 4) is 0 Å². The Morgan fingerprint density at radius 2 is 2.00 bits per heavy atom. The highest BCUT2D eigenvalue weighted by Gasteiger charge is 2.18. The lowest BCUT2D eigenvalue weighted by molar-refractivity contribution is -0.119. The summed E-state index contributed by atoms with van der Waals surface area (Å²) in [4.78, 5) is 12.0. The molecule has 0 spiro atoms. The largest absolute Gasteiger partial charge is 0.299 e. The van der Waals surface area contributed by atoms with Crippen molar-refractivity contribution < 1.29 is 4.79 Å². The van der Waals surface area contributed by atoms with Gasteiger partial charge in [0, 0.05) is 22.9 Å². The summed E-state index contributed by atoms with van der Waals surface area (Å²) < 4.78 is 0. The summed E-state index contributed by atoms with van der Waals surface area (Å²) in [7, 11) is 0. The van der Waals surface area contributed by atoms with Gasteiger partial charge in [0.2, 0.25) is 0 Å². The molecule has 0 atom stereocenters. The summed E-state index contributed by atoms with van der Waals surface area (Å²) in [6.07, 6.45) is 3.47. The first-order chi connectivity index (χ1) is 8.65. The van der Waals surface area contributed by atoms with Gasteiger partial charge < -0.3 is 0 Å². The van der Waals surface area contributed by atoms with Crippen molar-refractivity contribution in [2.24, 2.45) is 5.92 Å². The van der Waals surface area contributed by atoms with Gasteiger partial charge >= 0.3 is 0 Å². The molecule has 18 heavy (non-hydrogen) atoms. The zero-order valence-electron chi connectivity index (χ0n) is 10.1. The lowest BCUT2D eigenvalue weighted by Gasteiger charge is -2.20. The number of carbonyl (C=O) groups is 1. The van der Waals surface area contributed by atoms with E-state index in [-0.39, 0.29) is 5.78 Å². The van der Waals surface area contributed by atoms with Crippen LogP contribution in [0.5, 0.6) is 0 Å². The normalized spacial score (nSPS) is 16.8. The van der Waals surface area contributed by atoms with Crippen molar-refractivity contribution in [2.45, 2.75) is 25.7 Å². The van der Waals surface area contributed by atoms with Gasteiger partial charge in [-0.05, 0) is 48.0 Å². The summed E-state index contributed by atoms with van der Waals surface area (Å²) in [5.41, 5.74) is 0.885. The van der Waals surface area contributed by atoms with E-state index in [0.29, 0.717) is 28.8 Å². The minimum atomic E-state index is 0.288. The zero-order valence-corrected chi connectivity index (χ0v) is 12.5. The highest BCUT2D eigenvalue weighted by molar-refractivity contribution is 7.99. The number of hydrogen-bond donors (Lipinski definition) is 0. The predicted octanol–water partition coefficient (Wildman–Crippen LogP) is 4.64. The van der Waals surface area contributed by atoms with Crippen LogP contribution in [0.25, 0.3) is 0 Å². The smallest absolute Gasteiger partial charge is 0.137 e. The number of Topliss-reactive ketones (excluding diaryl/α,β-unsaturated/α-hetero) is 1. The SMILES string of the molecule is O=C(Cc1ccc(Cl)cc1Cl)CC1CCSCC1. The van der Waals surface area contributed by atoms with Crippen molar-refractivity contribution in [3.05, 3.63) is 33.8 Å². The van der Waals surface area contributed by atoms with Gasteiger partial charge in [0.05, 0.1) is 0 Å². The Balaban J connectivity index is 1.90. The van der Waals surface area contributed by atoms with Crippen molar-refractivity contribution in [3.63, 3.8) is 0 Å². The van der Waals surface area contributed by atoms with E-state index in [1.54, 1.807) is 12.1 Å². The third-order valence-corrected chi connectivity index (χ3v) is 4.90. The second-order valence-electron chi connectivity index (χ2n) is 4.71. The summed E-state index contributed by atoms with van der Waals surface area (Å²) in [6, 6.07) is 5.33. The van der Waals surface area contributed by atoms with Gasteiger partial charge in [-0.3, -0.25) is 4.79 Å². The average Bonchev–Trinajstić information content (AvgIpc) is 2.34. The van der Waals surface area contributed by atoms with Crippen LogP contribution in [0.3, 0.4) is 0 Å². The molecule has 1 nitrogen and oxygen atoms in total. The standard InChI is InChI=1S/C14H16Cl2OS/c15-12-2-1-11(14(16)9-12)8-13(17)7-10-3-5-18-6-4-10/h1-2,9-10H,3-8H2. The number of halogens is 2. The second kappa shape index (κ2) is 6.83. The minimum Gasteiger partial charge on any atom is -0.299 e. The van der Waals surface area contributed by atoms with Crippen molar-refractivity contribution >= 4 is 40.7 Å². The fourth-order valence-electron chi connectivity index (χ4n) is 2.22. The summed E-state index contributed by atoms with van der Waals surface area (Å²) in [5, 5.41) is 1.20. The van der Waals surface area contributed by atoms with E-state index >= 15 is 0 Å². The maximum absolute atomic E-state index is 12.0. The molecule has 0 aromatic heterocycles. The van der Waals surface area contributed by atoms with E-state index in [2.05, 4.69) is 0 Å². The van der Waals surface area contributed by atoms with Gasteiger partial charge in [-0.2, -0.15) is 11.8 Å². The third kappa shape index (κ3) is 4.18. The Morgan fingerprint density at radius 1 is 1.28 bits per heavy atom. The summed E-state index contributed by atoms with van der Waals surface area (Å²) in [5.74, 6) is 3.25. The first-order valence-electron chi connectivity index (χ1n) is 6.18. The molecule has 1 aliphatic heterocycles. The molecule has 1 aliphatic rings. The highest BCUT2D eigenvalue weighted by Crippen LogP contribution is 2.27. The van der Waals surface area contributed by atoms with Crippen LogP contribution in [-0.4, -0.2) is 17.3 Å². The number of benzene rings is 1. The molecule has 1 aromatic carbocycles. The molecule has 98 valence electrons. The molecule has 1 saturated heterocycles. The average molecular weight is 303 g/mol. The molecule has 2 rings (SSSR count). The van der Waals surface area contributed by atoms with Crippen LogP contribution < -0.4 is 0 Å². The van der Waals surface area contributed by atoms with E-state index in [1.807, 2.05) is 17.8 Å². The molecule has 1 aromatic rings. The molecule has 0 amide bonds. The molecule has 1 heterocycles. The Hall–Kier alpha value is -0.180. The Labute approximate surface area is 122 Å². The van der Waals surface area contributed by atoms with Crippen LogP contribution in [0.4, 0.5) is 0 Å². The van der Waals surface area contributed by atoms with Gasteiger partial charge in [-0.1, -0.05) is 29.3 Å². The molecule has 0 aliphatic carbocycles. The molecule has 0 saturated carbocycles. The third-order valence-electron chi connectivity index (χ3n) is 3.26. The van der Waals surface area contributed by atoms with E-state index in [1.165, 1.54) is 24.3 Å². The molecule has 1 fully saturated rings. The number of hydrogen-bond acceptors (Lipinski definition) is 2. The molecule has 4 heteroatoms. The first-order valence-corrected chi connectivity index (χ1v) is 8.09. The van der Waals surface area contributed by atoms with Gasteiger partial charge in [0.25, 0.3) is 0 Å². The van der Waals surface area contributed by atoms with Gasteiger partial charge in [0.1, 0.15) is 5.78 Å². The number of thioether (sulfide) groups is 1. The predicted molar refractivity (Wildman–Crippen MR) is 79.8 cm³/mol. The maximum atomic E-state index is 12.0. The molecule has 0 bridgehead atoms. The van der Waals surface area contributed by atoms with Crippen molar-refractivity contribution in [1.82, 2.24) is 0 Å². The molecule has 0 N–H and O–H groups in total. The van der Waals surface area contributed by atoms with E-state index in [4.69, 9.17) is 23.2 Å². The number of ketones is 1. The number of rotatable bonds is 4. The van der Waals surface area contributed by atoms with E-state index in [0.717, 1.165) is 5.56 Å². The molecule has 0 radical (unpaired) electrons. The zero-order chi connectivity index (χ0) is 13.0. The fraction of sp³-hybridized carbons (Fsp3) is 0.500. The van der Waals surface area contributed by atoms with Gasteiger partial charge in [-0.25, -0.2) is 0 Å². The number of carbonyl (C=O) groups excluding carboxylic acids is 1. The minimum absolute atomic E-state index is 0.288. The van der Waals surface area contributed by atoms with Crippen molar-refractivity contribution in [1.29, 1.82) is 0 Å². The van der Waals surface area contributed by atoms with Gasteiger partial charge in [-0.15, -0.1) is 0 Å². The Kier molecular flexibility index (Phi) is 5.40. The fourth-order valence-corrected chi connectivity index (χ4v) is 3.90. The summed E-state index contributed by atoms with van der Waals surface area (Å²) >= 11 is 13.9. The van der Waals surface area contributed by atoms with E-state index < -0.39 is 0 Å². The van der Waals surface area contributed by atoms with Crippen LogP contribution in [0, 0.1) is 5.92 Å². The summed E-state index contributed by atoms with van der Waals surface area (Å²) in [6.45, 7) is 0. The van der Waals surface area contributed by atoms with Crippen LogP contribution >= 0.6 is 35.0 Å².